The molecule has 3 aliphatic heterocycles. The van der Waals surface area contributed by atoms with Gasteiger partial charge in [0.2, 0.25) is 0 Å². The number of benzene rings is 2. The quantitative estimate of drug-likeness (QED) is 0.107. The molecule has 0 aromatic heterocycles. The van der Waals surface area contributed by atoms with Gasteiger partial charge < -0.3 is 85.5 Å². The summed E-state index contributed by atoms with van der Waals surface area (Å²) in [4.78, 5) is 81.5. The Morgan fingerprint density at radius 3 is 0.905 bits per heavy atom. The first-order valence-corrected chi connectivity index (χ1v) is 24.4. The van der Waals surface area contributed by atoms with Gasteiger partial charge in [-0.15, -0.1) is 0 Å². The molecule has 0 radical (unpaired) electrons. The number of nitrogens with two attached hydrogens (primary N) is 5. The van der Waals surface area contributed by atoms with E-state index >= 15 is 0 Å². The van der Waals surface area contributed by atoms with Crippen molar-refractivity contribution in [2.45, 2.75) is 154 Å². The summed E-state index contributed by atoms with van der Waals surface area (Å²) in [6.07, 6.45) is 7.49. The Morgan fingerprint density at radius 1 is 0.473 bits per heavy atom. The van der Waals surface area contributed by atoms with Gasteiger partial charge in [0, 0.05) is 0 Å². The predicted molar refractivity (Wildman–Crippen MR) is 278 cm³/mol. The van der Waals surface area contributed by atoms with Crippen LogP contribution in [0.5, 0.6) is 0 Å². The Kier molecular flexibility index (Phi) is 41.2. The number of aliphatic carboxylic acids is 8. The molecule has 24 nitrogen and oxygen atoms in total. The minimum Gasteiger partial charge on any atom is -0.480 e. The van der Waals surface area contributed by atoms with E-state index in [-0.39, 0.29) is 30.0 Å². The maximum atomic E-state index is 10.4. The van der Waals surface area contributed by atoms with Crippen LogP contribution < -0.4 is 44.6 Å². The van der Waals surface area contributed by atoms with Crippen molar-refractivity contribution in [2.24, 2.45) is 46.4 Å². The monoisotopic (exact) mass is 1050 g/mol. The van der Waals surface area contributed by atoms with Crippen molar-refractivity contribution in [1.82, 2.24) is 16.0 Å². The topological polar surface area (TPSA) is 465 Å². The summed E-state index contributed by atoms with van der Waals surface area (Å²) in [6.45, 7) is 13.8. The summed E-state index contributed by atoms with van der Waals surface area (Å²) in [5.41, 5.74) is 28.2. The molecule has 3 heterocycles. The molecule has 3 saturated heterocycles. The van der Waals surface area contributed by atoms with Crippen LogP contribution in [0.2, 0.25) is 0 Å². The Morgan fingerprint density at radius 2 is 0.770 bits per heavy atom. The Hall–Kier alpha value is -6.12. The van der Waals surface area contributed by atoms with Crippen molar-refractivity contribution in [1.29, 1.82) is 0 Å². The number of carboxylic acids is 8. The van der Waals surface area contributed by atoms with Gasteiger partial charge in [-0.25, -0.2) is 0 Å². The van der Waals surface area contributed by atoms with Crippen molar-refractivity contribution >= 4 is 47.8 Å². The predicted octanol–water partition coefficient (Wildman–Crippen LogP) is 1.69. The first-order chi connectivity index (χ1) is 34.5. The van der Waals surface area contributed by atoms with E-state index < -0.39 is 78.0 Å². The van der Waals surface area contributed by atoms with E-state index in [1.807, 2.05) is 88.4 Å². The highest BCUT2D eigenvalue weighted by Gasteiger charge is 2.22. The number of nitrogens with one attached hydrogen (secondary N) is 3. The lowest BCUT2D eigenvalue weighted by molar-refractivity contribution is -0.140. The fourth-order valence-electron chi connectivity index (χ4n) is 5.99. The number of carboxylic acid groups (broad SMARTS) is 8. The maximum Gasteiger partial charge on any atom is 0.320 e. The lowest BCUT2D eigenvalue weighted by Gasteiger charge is -2.11. The second-order valence-corrected chi connectivity index (χ2v) is 18.2. The van der Waals surface area contributed by atoms with Gasteiger partial charge in [-0.2, -0.15) is 0 Å². The highest BCUT2D eigenvalue weighted by Crippen LogP contribution is 2.07. The third-order valence-corrected chi connectivity index (χ3v) is 10.9. The fourth-order valence-corrected chi connectivity index (χ4v) is 5.99. The smallest absolute Gasteiger partial charge is 0.320 e. The molecule has 74 heavy (non-hydrogen) atoms. The highest BCUT2D eigenvalue weighted by atomic mass is 16.4. The molecule has 422 valence electrons. The van der Waals surface area contributed by atoms with E-state index in [1.165, 1.54) is 0 Å². The highest BCUT2D eigenvalue weighted by molar-refractivity contribution is 5.76. The first kappa shape index (κ1) is 72.1. The molecule has 5 rings (SSSR count). The summed E-state index contributed by atoms with van der Waals surface area (Å²) in [5, 5.41) is 75.6. The summed E-state index contributed by atoms with van der Waals surface area (Å²) in [5.74, 6) is -6.38. The molecule has 3 fully saturated rings. The van der Waals surface area contributed by atoms with Crippen molar-refractivity contribution in [3.8, 4) is 0 Å². The molecule has 0 spiro atoms. The van der Waals surface area contributed by atoms with Gasteiger partial charge in [-0.05, 0) is 106 Å². The Labute approximate surface area is 433 Å². The summed E-state index contributed by atoms with van der Waals surface area (Å²) in [7, 11) is 0. The van der Waals surface area contributed by atoms with Crippen molar-refractivity contribution in [3.63, 3.8) is 0 Å². The minimum absolute atomic E-state index is 0.0208. The molecule has 0 bridgehead atoms. The largest absolute Gasteiger partial charge is 0.480 e. The average Bonchev–Trinajstić information content (AvgIpc) is 4.19. The molecule has 6 unspecified atom stereocenters. The molecule has 9 atom stereocenters. The van der Waals surface area contributed by atoms with E-state index in [4.69, 9.17) is 69.5 Å². The second-order valence-electron chi connectivity index (χ2n) is 18.2. The molecule has 2 aromatic carbocycles. The van der Waals surface area contributed by atoms with Gasteiger partial charge in [-0.1, -0.05) is 109 Å². The van der Waals surface area contributed by atoms with Crippen LogP contribution in [0.1, 0.15) is 104 Å². The van der Waals surface area contributed by atoms with E-state index in [1.54, 1.807) is 13.8 Å². The van der Waals surface area contributed by atoms with Crippen LogP contribution >= 0.6 is 0 Å². The maximum absolute atomic E-state index is 10.4. The molecular formula is C50H86N8O16. The van der Waals surface area contributed by atoms with E-state index in [9.17, 15) is 38.4 Å². The lowest BCUT2D eigenvalue weighted by Crippen LogP contribution is -2.36. The molecule has 3 aliphatic rings. The number of hydrogen-bond acceptors (Lipinski definition) is 16. The molecule has 0 aliphatic carbocycles. The molecule has 0 amide bonds. The van der Waals surface area contributed by atoms with Crippen LogP contribution in [0.4, 0.5) is 0 Å². The molecular weight excluding hydrogens is 969 g/mol. The summed E-state index contributed by atoms with van der Waals surface area (Å²) >= 11 is 0. The van der Waals surface area contributed by atoms with Gasteiger partial charge in [0.25, 0.3) is 0 Å². The zero-order chi connectivity index (χ0) is 57.5. The molecule has 21 N–H and O–H groups in total. The SMILES string of the molecule is CC(C)C(N)C(=O)O.CC(C)CC(N)C(=O)O.CCC(C)C(N)C(=O)O.NC(Cc1ccccc1)C(=O)O.NC(Cc1ccccc1)C(=O)O.O=C(O)[C@@H]1CCCN1.O=C(O)[C@@H]1CCCN1.O=C(O)[C@@H]1CCCN1. The second kappa shape index (κ2) is 42.3. The van der Waals surface area contributed by atoms with Crippen LogP contribution in [0.15, 0.2) is 60.7 Å². The van der Waals surface area contributed by atoms with E-state index in [0.29, 0.717) is 25.2 Å². The van der Waals surface area contributed by atoms with Crippen molar-refractivity contribution in [2.75, 3.05) is 19.6 Å². The van der Waals surface area contributed by atoms with Gasteiger partial charge in [-0.3, -0.25) is 38.4 Å². The lowest BCUT2D eigenvalue weighted by atomic mass is 10.0. The number of carbonyl (C=O) groups is 8. The normalized spacial score (nSPS) is 18.4. The van der Waals surface area contributed by atoms with Gasteiger partial charge in [0.05, 0.1) is 0 Å². The summed E-state index contributed by atoms with van der Waals surface area (Å²) < 4.78 is 0. The average molecular weight is 1060 g/mol. The summed E-state index contributed by atoms with van der Waals surface area (Å²) in [6, 6.07) is 14.2. The zero-order valence-corrected chi connectivity index (χ0v) is 43.5. The van der Waals surface area contributed by atoms with Crippen LogP contribution in [0.3, 0.4) is 0 Å². The standard InChI is InChI=1S/2C9H11NO2.2C6H13NO2.3C5H9NO2.C5H11NO2/c2*10-8(9(11)12)6-7-4-2-1-3-5-7;1-4(2)3-5(7)6(8)9;1-3-4(2)5(7)6(8)9;3*7-5(8)4-2-1-3-6-4;1-3(2)4(6)5(7)8/h2*1-5,8H,6,10H2,(H,11,12);2*4-5H,3,7H2,1-2H3,(H,8,9);3*4,6H,1-3H2,(H,7,8);3-4H,6H2,1-2H3,(H,7,8)/t;;;;3*4-;/m....000./s1. The first-order valence-electron chi connectivity index (χ1n) is 24.4. The van der Waals surface area contributed by atoms with Crippen LogP contribution in [0, 0.1) is 17.8 Å². The zero-order valence-electron chi connectivity index (χ0n) is 43.5. The Balaban J connectivity index is -0.000000783. The van der Waals surface area contributed by atoms with Gasteiger partial charge in [0.1, 0.15) is 48.3 Å². The third-order valence-electron chi connectivity index (χ3n) is 10.9. The third kappa shape index (κ3) is 38.5. The van der Waals surface area contributed by atoms with Gasteiger partial charge in [0.15, 0.2) is 0 Å². The minimum atomic E-state index is -0.959. The van der Waals surface area contributed by atoms with Crippen molar-refractivity contribution in [3.05, 3.63) is 71.8 Å². The van der Waals surface area contributed by atoms with Gasteiger partial charge >= 0.3 is 47.8 Å². The van der Waals surface area contributed by atoms with Crippen molar-refractivity contribution < 1.29 is 79.2 Å². The van der Waals surface area contributed by atoms with E-state index in [0.717, 1.165) is 75.7 Å². The fraction of sp³-hybridized carbons (Fsp3) is 0.600. The Bertz CT molecular complexity index is 1740. The van der Waals surface area contributed by atoms with E-state index in [2.05, 4.69) is 16.0 Å². The van der Waals surface area contributed by atoms with Crippen LogP contribution in [0.25, 0.3) is 0 Å². The van der Waals surface area contributed by atoms with Crippen LogP contribution in [-0.4, -0.2) is 157 Å². The molecule has 24 heteroatoms. The molecule has 0 saturated carbocycles. The molecule has 2 aromatic rings. The number of hydrogen-bond donors (Lipinski definition) is 16. The number of rotatable bonds is 17. The van der Waals surface area contributed by atoms with Crippen LogP contribution in [-0.2, 0) is 51.2 Å².